The number of aliphatic carboxylic acids is 1. The monoisotopic (exact) mass is 375 g/mol. The number of ether oxygens (including phenoxy) is 1. The summed E-state index contributed by atoms with van der Waals surface area (Å²) in [5, 5.41) is 13.4. The van der Waals surface area contributed by atoms with Crippen LogP contribution in [0.2, 0.25) is 0 Å². The first-order chi connectivity index (χ1) is 12.0. The van der Waals surface area contributed by atoms with E-state index in [4.69, 9.17) is 4.74 Å². The molecule has 25 heavy (non-hydrogen) atoms. The number of thiophene rings is 1. The number of aromatic nitrogens is 1. The Balaban J connectivity index is 1.81. The first kappa shape index (κ1) is 17.9. The van der Waals surface area contributed by atoms with Gasteiger partial charge >= 0.3 is 5.97 Å². The number of rotatable bonds is 7. The molecule has 0 saturated carbocycles. The fourth-order valence-electron chi connectivity index (χ4n) is 2.97. The molecule has 0 aliphatic rings. The van der Waals surface area contributed by atoms with Crippen LogP contribution in [0.5, 0.6) is 5.75 Å². The van der Waals surface area contributed by atoms with Crippen molar-refractivity contribution in [3.05, 3.63) is 44.7 Å². The smallest absolute Gasteiger partial charge is 0.311 e. The molecule has 0 spiro atoms. The molecule has 0 radical (unpaired) electrons. The van der Waals surface area contributed by atoms with Crippen molar-refractivity contribution >= 4 is 38.7 Å². The van der Waals surface area contributed by atoms with Gasteiger partial charge in [0.05, 0.1) is 21.5 Å². The maximum absolute atomic E-state index is 11.4. The van der Waals surface area contributed by atoms with E-state index in [2.05, 4.69) is 11.9 Å². The Morgan fingerprint density at radius 3 is 2.84 bits per heavy atom. The van der Waals surface area contributed by atoms with E-state index in [1.165, 1.54) is 4.88 Å². The molecule has 1 aromatic carbocycles. The highest BCUT2D eigenvalue weighted by atomic mass is 32.1. The third-order valence-electron chi connectivity index (χ3n) is 4.25. The third kappa shape index (κ3) is 3.70. The van der Waals surface area contributed by atoms with Crippen molar-refractivity contribution in [3.63, 3.8) is 0 Å². The largest absolute Gasteiger partial charge is 0.488 e. The van der Waals surface area contributed by atoms with Crippen LogP contribution >= 0.6 is 22.7 Å². The number of hydrogen-bond donors (Lipinski definition) is 1. The number of benzene rings is 1. The van der Waals surface area contributed by atoms with Gasteiger partial charge in [0.15, 0.2) is 0 Å². The van der Waals surface area contributed by atoms with E-state index < -0.39 is 11.9 Å². The number of fused-ring (bicyclic) bond motifs is 1. The van der Waals surface area contributed by atoms with E-state index in [0.29, 0.717) is 13.0 Å². The van der Waals surface area contributed by atoms with Gasteiger partial charge in [-0.3, -0.25) is 4.79 Å². The quantitative estimate of drug-likeness (QED) is 0.602. The van der Waals surface area contributed by atoms with E-state index >= 15 is 0 Å². The lowest BCUT2D eigenvalue weighted by atomic mass is 9.96. The maximum atomic E-state index is 11.4. The molecule has 132 valence electrons. The fourth-order valence-corrected chi connectivity index (χ4v) is 4.95. The summed E-state index contributed by atoms with van der Waals surface area (Å²) in [6.45, 7) is 6.54. The van der Waals surface area contributed by atoms with Gasteiger partial charge in [0.25, 0.3) is 0 Å². The molecule has 3 rings (SSSR count). The predicted molar refractivity (Wildman–Crippen MR) is 103 cm³/mol. The van der Waals surface area contributed by atoms with Gasteiger partial charge in [0, 0.05) is 4.70 Å². The second-order valence-electron chi connectivity index (χ2n) is 5.89. The molecule has 6 heteroatoms. The Bertz CT molecular complexity index is 897. The molecule has 0 aliphatic carbocycles. The first-order valence-corrected chi connectivity index (χ1v) is 10.0. The molecule has 2 aromatic heterocycles. The molecule has 2 heterocycles. The SMILES string of the molecule is CCc1nc(C)sc1COc1ccc2c(C(CC)C(=O)O)csc2c1. The van der Waals surface area contributed by atoms with Crippen LogP contribution in [0.25, 0.3) is 10.1 Å². The average Bonchev–Trinajstić information content (AvgIpc) is 3.16. The van der Waals surface area contributed by atoms with Crippen molar-refractivity contribution in [1.29, 1.82) is 0 Å². The minimum Gasteiger partial charge on any atom is -0.488 e. The highest BCUT2D eigenvalue weighted by molar-refractivity contribution is 7.17. The number of thiazole rings is 1. The Kier molecular flexibility index (Phi) is 5.39. The van der Waals surface area contributed by atoms with Gasteiger partial charge in [-0.15, -0.1) is 22.7 Å². The summed E-state index contributed by atoms with van der Waals surface area (Å²) in [4.78, 5) is 17.1. The number of carboxylic acid groups (broad SMARTS) is 1. The molecule has 0 bridgehead atoms. The minimum atomic E-state index is -0.768. The minimum absolute atomic E-state index is 0.451. The van der Waals surface area contributed by atoms with Gasteiger partial charge in [-0.25, -0.2) is 4.98 Å². The molecular weight excluding hydrogens is 354 g/mol. The van der Waals surface area contributed by atoms with Gasteiger partial charge in [0.1, 0.15) is 12.4 Å². The highest BCUT2D eigenvalue weighted by Crippen LogP contribution is 2.35. The Morgan fingerprint density at radius 1 is 1.36 bits per heavy atom. The molecule has 0 saturated heterocycles. The molecule has 0 aliphatic heterocycles. The molecule has 1 atom stereocenters. The van der Waals surface area contributed by atoms with E-state index in [1.54, 1.807) is 22.7 Å². The normalized spacial score (nSPS) is 12.4. The summed E-state index contributed by atoms with van der Waals surface area (Å²) in [7, 11) is 0. The average molecular weight is 376 g/mol. The van der Waals surface area contributed by atoms with Crippen LogP contribution < -0.4 is 4.74 Å². The summed E-state index contributed by atoms with van der Waals surface area (Å²) < 4.78 is 7.02. The van der Waals surface area contributed by atoms with Crippen molar-refractivity contribution in [2.24, 2.45) is 0 Å². The summed E-state index contributed by atoms with van der Waals surface area (Å²) in [6, 6.07) is 5.89. The van der Waals surface area contributed by atoms with Gasteiger partial charge in [0.2, 0.25) is 0 Å². The third-order valence-corrected chi connectivity index (χ3v) is 6.20. The molecule has 0 amide bonds. The second kappa shape index (κ2) is 7.54. The second-order valence-corrected chi connectivity index (χ2v) is 8.09. The summed E-state index contributed by atoms with van der Waals surface area (Å²) in [5.74, 6) is -0.416. The van der Waals surface area contributed by atoms with Crippen LogP contribution in [0.3, 0.4) is 0 Å². The van der Waals surface area contributed by atoms with Crippen LogP contribution in [0.1, 0.15) is 47.3 Å². The Hall–Kier alpha value is -1.92. The van der Waals surface area contributed by atoms with Gasteiger partial charge < -0.3 is 9.84 Å². The maximum Gasteiger partial charge on any atom is 0.311 e. The summed E-state index contributed by atoms with van der Waals surface area (Å²) in [6.07, 6.45) is 1.49. The van der Waals surface area contributed by atoms with E-state index in [1.807, 2.05) is 37.4 Å². The van der Waals surface area contributed by atoms with Gasteiger partial charge in [-0.2, -0.15) is 0 Å². The van der Waals surface area contributed by atoms with E-state index in [-0.39, 0.29) is 0 Å². The lowest BCUT2D eigenvalue weighted by Gasteiger charge is -2.09. The van der Waals surface area contributed by atoms with Crippen molar-refractivity contribution < 1.29 is 14.6 Å². The van der Waals surface area contributed by atoms with Crippen molar-refractivity contribution in [2.45, 2.75) is 46.1 Å². The van der Waals surface area contributed by atoms with Gasteiger partial charge in [-0.1, -0.05) is 13.8 Å². The van der Waals surface area contributed by atoms with Crippen molar-refractivity contribution in [1.82, 2.24) is 4.98 Å². The molecule has 1 N–H and O–H groups in total. The van der Waals surface area contributed by atoms with Crippen molar-refractivity contribution in [2.75, 3.05) is 0 Å². The van der Waals surface area contributed by atoms with Crippen molar-refractivity contribution in [3.8, 4) is 5.75 Å². The zero-order valence-corrected chi connectivity index (χ0v) is 16.2. The number of nitrogens with zero attached hydrogens (tertiary/aromatic N) is 1. The van der Waals surface area contributed by atoms with Crippen LogP contribution in [-0.4, -0.2) is 16.1 Å². The van der Waals surface area contributed by atoms with Crippen LogP contribution in [0.4, 0.5) is 0 Å². The Labute approximate surface area is 155 Å². The molecule has 3 aromatic rings. The molecular formula is C19H21NO3S2. The number of carboxylic acids is 1. The zero-order valence-electron chi connectivity index (χ0n) is 14.5. The topological polar surface area (TPSA) is 59.4 Å². The fraction of sp³-hybridized carbons (Fsp3) is 0.368. The van der Waals surface area contributed by atoms with Gasteiger partial charge in [-0.05, 0) is 54.3 Å². The highest BCUT2D eigenvalue weighted by Gasteiger charge is 2.21. The standard InChI is InChI=1S/C19H21NO3S2/c1-4-13(19(21)22)15-10-24-17-8-12(6-7-14(15)17)23-9-18-16(5-2)20-11(3)25-18/h6-8,10,13H,4-5,9H2,1-3H3,(H,21,22). The Morgan fingerprint density at radius 2 is 2.16 bits per heavy atom. The molecule has 4 nitrogen and oxygen atoms in total. The summed E-state index contributed by atoms with van der Waals surface area (Å²) >= 11 is 3.25. The zero-order chi connectivity index (χ0) is 18.0. The lowest BCUT2D eigenvalue weighted by Crippen LogP contribution is -2.09. The molecule has 0 fully saturated rings. The van der Waals surface area contributed by atoms with E-state index in [9.17, 15) is 9.90 Å². The van der Waals surface area contributed by atoms with Crippen LogP contribution in [-0.2, 0) is 17.8 Å². The lowest BCUT2D eigenvalue weighted by molar-refractivity contribution is -0.138. The van der Waals surface area contributed by atoms with Crippen LogP contribution in [0, 0.1) is 6.92 Å². The number of hydrogen-bond acceptors (Lipinski definition) is 5. The molecule has 1 unspecified atom stereocenters. The number of aryl methyl sites for hydroxylation is 2. The van der Waals surface area contributed by atoms with E-state index in [0.717, 1.165) is 38.5 Å². The first-order valence-electron chi connectivity index (χ1n) is 8.35. The summed E-state index contributed by atoms with van der Waals surface area (Å²) in [5.41, 5.74) is 2.00. The predicted octanol–water partition coefficient (Wildman–Crippen LogP) is 5.39. The van der Waals surface area contributed by atoms with Crippen LogP contribution in [0.15, 0.2) is 23.6 Å². The number of carbonyl (C=O) groups is 1.